The first-order valence-corrected chi connectivity index (χ1v) is 14.0. The first-order valence-electron chi connectivity index (χ1n) is 14.0. The van der Waals surface area contributed by atoms with E-state index in [0.29, 0.717) is 6.54 Å². The minimum absolute atomic E-state index is 0. The second-order valence-electron chi connectivity index (χ2n) is 11.3. The Kier molecular flexibility index (Phi) is 9.25. The molecule has 0 amide bonds. The number of aliphatic hydroxyl groups excluding tert-OH is 1. The molecule has 7 atom stereocenters. The van der Waals surface area contributed by atoms with Crippen LogP contribution >= 0.6 is 12.4 Å². The summed E-state index contributed by atoms with van der Waals surface area (Å²) in [5, 5.41) is 48.7. The Morgan fingerprint density at radius 1 is 1.17 bits per heavy atom. The number of rotatable bonds is 7. The minimum Gasteiger partial charge on any atom is -0.507 e. The lowest BCUT2D eigenvalue weighted by molar-refractivity contribution is -0.248. The van der Waals surface area contributed by atoms with Gasteiger partial charge in [0.05, 0.1) is 47.7 Å². The Labute approximate surface area is 250 Å². The summed E-state index contributed by atoms with van der Waals surface area (Å²) in [6.45, 7) is 6.11. The van der Waals surface area contributed by atoms with E-state index >= 15 is 0 Å². The average molecular weight is 607 g/mol. The van der Waals surface area contributed by atoms with E-state index in [2.05, 4.69) is 5.32 Å². The second kappa shape index (κ2) is 12.1. The van der Waals surface area contributed by atoms with Crippen molar-refractivity contribution in [1.82, 2.24) is 5.32 Å². The number of ketones is 2. The number of benzene rings is 2. The molecule has 11 nitrogen and oxygen atoms in total. The largest absolute Gasteiger partial charge is 0.507 e. The highest BCUT2D eigenvalue weighted by Crippen LogP contribution is 2.53. The quantitative estimate of drug-likeness (QED) is 0.217. The second-order valence-corrected chi connectivity index (χ2v) is 11.3. The summed E-state index contributed by atoms with van der Waals surface area (Å²) in [5.41, 5.74) is 4.24. The van der Waals surface area contributed by atoms with Crippen LogP contribution in [0.25, 0.3) is 0 Å². The molecule has 7 N–H and O–H groups in total. The van der Waals surface area contributed by atoms with Crippen molar-refractivity contribution in [2.45, 2.75) is 88.7 Å². The van der Waals surface area contributed by atoms with Gasteiger partial charge in [-0.05, 0) is 32.9 Å². The Hall–Kier alpha value is -2.77. The van der Waals surface area contributed by atoms with E-state index in [-0.39, 0.29) is 70.8 Å². The van der Waals surface area contributed by atoms with Crippen LogP contribution in [0.2, 0.25) is 0 Å². The predicted octanol–water partition coefficient (Wildman–Crippen LogP) is 2.25. The number of phenols is 2. The van der Waals surface area contributed by atoms with Gasteiger partial charge in [0, 0.05) is 48.0 Å². The Balaban J connectivity index is 0.00000405. The summed E-state index contributed by atoms with van der Waals surface area (Å²) < 4.78 is 17.5. The Morgan fingerprint density at radius 3 is 2.50 bits per heavy atom. The van der Waals surface area contributed by atoms with Crippen molar-refractivity contribution in [1.29, 1.82) is 0 Å². The van der Waals surface area contributed by atoms with Crippen LogP contribution in [0.4, 0.5) is 0 Å². The highest BCUT2D eigenvalue weighted by atomic mass is 35.5. The zero-order valence-corrected chi connectivity index (χ0v) is 24.9. The molecule has 2 aromatic rings. The number of fused-ring (bicyclic) bond motifs is 3. The van der Waals surface area contributed by atoms with Crippen molar-refractivity contribution in [3.05, 3.63) is 51.6 Å². The van der Waals surface area contributed by atoms with Gasteiger partial charge in [0.2, 0.25) is 5.78 Å². The van der Waals surface area contributed by atoms with Gasteiger partial charge in [-0.3, -0.25) is 9.59 Å². The van der Waals surface area contributed by atoms with E-state index in [1.807, 2.05) is 13.8 Å². The molecule has 1 aliphatic heterocycles. The van der Waals surface area contributed by atoms with Gasteiger partial charge in [-0.2, -0.15) is 0 Å². The van der Waals surface area contributed by atoms with E-state index in [9.17, 15) is 30.0 Å². The van der Waals surface area contributed by atoms with Crippen molar-refractivity contribution >= 4 is 24.0 Å². The fraction of sp³-hybridized carbons (Fsp3) is 0.533. The molecule has 1 heterocycles. The molecule has 0 aromatic heterocycles. The van der Waals surface area contributed by atoms with Gasteiger partial charge in [-0.1, -0.05) is 19.1 Å². The van der Waals surface area contributed by atoms with Crippen LogP contribution in [0, 0.1) is 0 Å². The number of ether oxygens (including phenoxy) is 3. The standard InChI is InChI=1S/C30H38N2O9.ClH/c1-5-9-32-14(3)30(38)11-16-22(19(12-30)41-20-10-17(31)25(33)13(2)40-20)29(37)24-23(27(16)35)26(34)15-7-6-8-18(39-4)21(15)28(24)36;/h6-8,13-14,17,19-20,25,32-33,35,37-38H,5,9-12,31H2,1-4H3;1H. The van der Waals surface area contributed by atoms with Crippen LogP contribution in [0.5, 0.6) is 17.2 Å². The number of hydrogen-bond acceptors (Lipinski definition) is 11. The third-order valence-electron chi connectivity index (χ3n) is 8.68. The fourth-order valence-corrected chi connectivity index (χ4v) is 6.30. The summed E-state index contributed by atoms with van der Waals surface area (Å²) in [4.78, 5) is 27.5. The Bertz CT molecular complexity index is 1370. The van der Waals surface area contributed by atoms with Crippen molar-refractivity contribution in [3.8, 4) is 17.2 Å². The average Bonchev–Trinajstić information content (AvgIpc) is 2.94. The molecule has 7 unspecified atom stereocenters. The van der Waals surface area contributed by atoms with Gasteiger partial charge in [0.25, 0.3) is 0 Å². The topological polar surface area (TPSA) is 181 Å². The molecule has 0 spiro atoms. The molecular weight excluding hydrogens is 568 g/mol. The van der Waals surface area contributed by atoms with Crippen LogP contribution in [0.1, 0.15) is 89.1 Å². The third kappa shape index (κ3) is 5.17. The molecule has 230 valence electrons. The molecule has 0 radical (unpaired) electrons. The van der Waals surface area contributed by atoms with Crippen molar-refractivity contribution in [2.24, 2.45) is 5.73 Å². The van der Waals surface area contributed by atoms with Gasteiger partial charge in [-0.25, -0.2) is 0 Å². The number of methoxy groups -OCH3 is 1. The van der Waals surface area contributed by atoms with E-state index in [0.717, 1.165) is 6.42 Å². The molecular formula is C30H39ClN2O9. The molecule has 0 saturated carbocycles. The van der Waals surface area contributed by atoms with Gasteiger partial charge in [0.1, 0.15) is 17.2 Å². The zero-order chi connectivity index (χ0) is 29.8. The number of halogens is 1. The van der Waals surface area contributed by atoms with E-state index < -0.39 is 65.4 Å². The number of phenolic OH excluding ortho intramolecular Hbond substituents is 2. The summed E-state index contributed by atoms with van der Waals surface area (Å²) in [7, 11) is 1.37. The van der Waals surface area contributed by atoms with E-state index in [1.54, 1.807) is 19.1 Å². The number of carbonyl (C=O) groups excluding carboxylic acids is 2. The number of aromatic hydroxyl groups is 2. The number of hydrogen-bond donors (Lipinski definition) is 6. The fourth-order valence-electron chi connectivity index (χ4n) is 6.30. The van der Waals surface area contributed by atoms with Crippen LogP contribution in [-0.2, 0) is 15.9 Å². The highest BCUT2D eigenvalue weighted by Gasteiger charge is 2.49. The zero-order valence-electron chi connectivity index (χ0n) is 24.0. The lowest BCUT2D eigenvalue weighted by Crippen LogP contribution is -2.55. The minimum atomic E-state index is -1.46. The monoisotopic (exact) mass is 606 g/mol. The normalized spacial score (nSPS) is 29.2. The third-order valence-corrected chi connectivity index (χ3v) is 8.68. The SMILES string of the molecule is CCCNC(C)C1(O)Cc2c(O)c3c(c(O)c2C(OC2CC(N)C(O)C(C)O2)C1)C(=O)c1c(OC)cccc1C3=O.Cl. The van der Waals surface area contributed by atoms with Crippen LogP contribution in [-0.4, -0.2) is 81.8 Å². The van der Waals surface area contributed by atoms with Crippen molar-refractivity contribution < 1.29 is 44.2 Å². The van der Waals surface area contributed by atoms with Crippen LogP contribution in [0.15, 0.2) is 18.2 Å². The van der Waals surface area contributed by atoms with Crippen LogP contribution < -0.4 is 15.8 Å². The maximum atomic E-state index is 13.8. The highest BCUT2D eigenvalue weighted by molar-refractivity contribution is 6.31. The summed E-state index contributed by atoms with van der Waals surface area (Å²) in [6, 6.07) is 3.48. The van der Waals surface area contributed by atoms with Crippen molar-refractivity contribution in [2.75, 3.05) is 13.7 Å². The van der Waals surface area contributed by atoms with Gasteiger partial charge >= 0.3 is 0 Å². The van der Waals surface area contributed by atoms with Gasteiger partial charge < -0.3 is 45.7 Å². The first kappa shape index (κ1) is 32.2. The molecule has 3 aliphatic rings. The molecule has 12 heteroatoms. The summed E-state index contributed by atoms with van der Waals surface area (Å²) in [6.07, 6.45) is -2.65. The van der Waals surface area contributed by atoms with Gasteiger partial charge in [-0.15, -0.1) is 12.4 Å². The predicted molar refractivity (Wildman–Crippen MR) is 155 cm³/mol. The molecule has 2 aromatic carbocycles. The lowest BCUT2D eigenvalue weighted by Gasteiger charge is -2.45. The molecule has 5 rings (SSSR count). The smallest absolute Gasteiger partial charge is 0.202 e. The van der Waals surface area contributed by atoms with E-state index in [4.69, 9.17) is 19.9 Å². The first-order chi connectivity index (χ1) is 19.4. The number of nitrogens with two attached hydrogens (primary N) is 1. The lowest BCUT2D eigenvalue weighted by atomic mass is 9.71. The van der Waals surface area contributed by atoms with Gasteiger partial charge in [0.15, 0.2) is 12.1 Å². The maximum absolute atomic E-state index is 13.8. The number of nitrogens with one attached hydrogen (secondary N) is 1. The molecule has 1 saturated heterocycles. The van der Waals surface area contributed by atoms with Crippen molar-refractivity contribution in [3.63, 3.8) is 0 Å². The maximum Gasteiger partial charge on any atom is 0.202 e. The molecule has 0 bridgehead atoms. The molecule has 1 fully saturated rings. The number of aliphatic hydroxyl groups is 2. The van der Waals surface area contributed by atoms with E-state index in [1.165, 1.54) is 13.2 Å². The molecule has 42 heavy (non-hydrogen) atoms. The number of carbonyl (C=O) groups is 2. The summed E-state index contributed by atoms with van der Waals surface area (Å²) >= 11 is 0. The molecule has 2 aliphatic carbocycles. The Morgan fingerprint density at radius 2 is 1.86 bits per heavy atom. The summed E-state index contributed by atoms with van der Waals surface area (Å²) in [5.74, 6) is -2.14. The van der Waals surface area contributed by atoms with Crippen LogP contribution in [0.3, 0.4) is 0 Å².